The van der Waals surface area contributed by atoms with E-state index in [1.54, 1.807) is 18.6 Å². The largest absolute Gasteiger partial charge is 0.497 e. The van der Waals surface area contributed by atoms with Crippen molar-refractivity contribution in [3.63, 3.8) is 0 Å². The Hall–Kier alpha value is -4.63. The lowest BCUT2D eigenvalue weighted by atomic mass is 9.93. The van der Waals surface area contributed by atoms with E-state index >= 15 is 0 Å². The molecule has 0 bridgehead atoms. The number of hydrogen-bond acceptors (Lipinski definition) is 8. The van der Waals surface area contributed by atoms with E-state index in [4.69, 9.17) is 23.9 Å². The van der Waals surface area contributed by atoms with Crippen LogP contribution < -0.4 is 29.1 Å². The van der Waals surface area contributed by atoms with Gasteiger partial charge in [-0.05, 0) is 48.4 Å². The molecule has 0 spiro atoms. The summed E-state index contributed by atoms with van der Waals surface area (Å²) in [6.07, 6.45) is 1.81. The molecular weight excluding hydrogens is 528 g/mol. The number of hydrogen-bond donors (Lipinski definition) is 0. The average Bonchev–Trinajstić information content (AvgIpc) is 3.31. The molecule has 2 aliphatic heterocycles. The molecule has 1 atom stereocenters. The van der Waals surface area contributed by atoms with E-state index in [1.807, 2.05) is 78.9 Å². The normalized spacial score (nSPS) is 16.2. The summed E-state index contributed by atoms with van der Waals surface area (Å²) in [6, 6.07) is 21.6. The maximum absolute atomic E-state index is 14.0. The van der Waals surface area contributed by atoms with E-state index in [2.05, 4.69) is 0 Å². The van der Waals surface area contributed by atoms with Gasteiger partial charge in [0.2, 0.25) is 0 Å². The van der Waals surface area contributed by atoms with Crippen LogP contribution in [0, 0.1) is 0 Å². The number of esters is 1. The lowest BCUT2D eigenvalue weighted by molar-refractivity contribution is -0.138. The van der Waals surface area contributed by atoms with Gasteiger partial charge in [0.15, 0.2) is 16.3 Å². The van der Waals surface area contributed by atoms with E-state index < -0.39 is 12.0 Å². The SMILES string of the molecule is CCOC(=O)C1=C(c2ccccc2)N=c2s/c(=C\c3ccc4c(c3)OCCO4)c(=O)n2[C@@H]1c1ccc(OC)cc1. The number of benzene rings is 3. The molecule has 6 rings (SSSR count). The van der Waals surface area contributed by atoms with Gasteiger partial charge in [-0.3, -0.25) is 9.36 Å². The summed E-state index contributed by atoms with van der Waals surface area (Å²) in [5.41, 5.74) is 2.81. The molecule has 3 heterocycles. The average molecular weight is 555 g/mol. The van der Waals surface area contributed by atoms with Crippen molar-refractivity contribution in [2.75, 3.05) is 26.9 Å². The molecule has 0 fully saturated rings. The van der Waals surface area contributed by atoms with Gasteiger partial charge >= 0.3 is 5.97 Å². The van der Waals surface area contributed by atoms with Crippen LogP contribution in [0.25, 0.3) is 11.8 Å². The van der Waals surface area contributed by atoms with Crippen LogP contribution in [-0.2, 0) is 9.53 Å². The predicted octanol–water partition coefficient (Wildman–Crippen LogP) is 3.72. The maximum atomic E-state index is 14.0. The molecule has 0 N–H and O–H groups in total. The summed E-state index contributed by atoms with van der Waals surface area (Å²) >= 11 is 1.27. The fraction of sp³-hybridized carbons (Fsp3) is 0.194. The van der Waals surface area contributed by atoms with Crippen molar-refractivity contribution >= 4 is 29.1 Å². The van der Waals surface area contributed by atoms with Crippen molar-refractivity contribution in [2.24, 2.45) is 4.99 Å². The third kappa shape index (κ3) is 4.69. The monoisotopic (exact) mass is 554 g/mol. The molecule has 9 heteroatoms. The van der Waals surface area contributed by atoms with Gasteiger partial charge in [-0.25, -0.2) is 9.79 Å². The van der Waals surface area contributed by atoms with Crippen molar-refractivity contribution in [2.45, 2.75) is 13.0 Å². The number of thiazole rings is 1. The zero-order chi connectivity index (χ0) is 27.6. The molecule has 0 radical (unpaired) electrons. The highest BCUT2D eigenvalue weighted by Gasteiger charge is 2.35. The minimum Gasteiger partial charge on any atom is -0.497 e. The standard InChI is InChI=1S/C31H26N2O6S/c1-3-37-30(35)26-27(20-7-5-4-6-8-20)32-31-33(28(26)21-10-12-22(36-2)13-11-21)29(34)25(40-31)18-19-9-14-23-24(17-19)39-16-15-38-23/h4-14,17-18,28H,3,15-16H2,1-2H3/b25-18-/t28-/m1/s1. The molecule has 40 heavy (non-hydrogen) atoms. The number of aromatic nitrogens is 1. The molecule has 202 valence electrons. The Kier molecular flexibility index (Phi) is 6.96. The summed E-state index contributed by atoms with van der Waals surface area (Å²) in [5.74, 6) is 1.46. The first-order chi connectivity index (χ1) is 19.6. The Morgan fingerprint density at radius 2 is 1.80 bits per heavy atom. The van der Waals surface area contributed by atoms with Gasteiger partial charge < -0.3 is 18.9 Å². The third-order valence-corrected chi connectivity index (χ3v) is 7.65. The molecule has 4 aromatic rings. The van der Waals surface area contributed by atoms with Crippen LogP contribution in [-0.4, -0.2) is 37.5 Å². The number of methoxy groups -OCH3 is 1. The molecule has 0 amide bonds. The highest BCUT2D eigenvalue weighted by Crippen LogP contribution is 2.36. The van der Waals surface area contributed by atoms with E-state index in [0.29, 0.717) is 51.1 Å². The van der Waals surface area contributed by atoms with Gasteiger partial charge in [0.25, 0.3) is 5.56 Å². The fourth-order valence-electron chi connectivity index (χ4n) is 4.84. The van der Waals surface area contributed by atoms with Gasteiger partial charge in [0.05, 0.1) is 35.6 Å². The molecular formula is C31H26N2O6S. The van der Waals surface area contributed by atoms with Crippen LogP contribution in [0.2, 0.25) is 0 Å². The second-order valence-corrected chi connectivity index (χ2v) is 10.1. The summed E-state index contributed by atoms with van der Waals surface area (Å²) in [7, 11) is 1.59. The highest BCUT2D eigenvalue weighted by molar-refractivity contribution is 7.07. The number of carbonyl (C=O) groups is 1. The summed E-state index contributed by atoms with van der Waals surface area (Å²) in [4.78, 5) is 32.9. The van der Waals surface area contributed by atoms with Crippen molar-refractivity contribution in [1.82, 2.24) is 4.57 Å². The minimum absolute atomic E-state index is 0.189. The molecule has 0 aliphatic carbocycles. The van der Waals surface area contributed by atoms with Crippen LogP contribution in [0.3, 0.4) is 0 Å². The van der Waals surface area contributed by atoms with E-state index in [1.165, 1.54) is 11.3 Å². The number of nitrogens with zero attached hydrogens (tertiary/aromatic N) is 2. The molecule has 8 nitrogen and oxygen atoms in total. The highest BCUT2D eigenvalue weighted by atomic mass is 32.1. The van der Waals surface area contributed by atoms with Crippen LogP contribution in [0.5, 0.6) is 17.2 Å². The Bertz CT molecular complexity index is 1790. The van der Waals surface area contributed by atoms with Gasteiger partial charge in [-0.15, -0.1) is 0 Å². The van der Waals surface area contributed by atoms with Crippen molar-refractivity contribution < 1.29 is 23.7 Å². The fourth-order valence-corrected chi connectivity index (χ4v) is 5.84. The second-order valence-electron chi connectivity index (χ2n) is 9.11. The Balaban J connectivity index is 1.59. The summed E-state index contributed by atoms with van der Waals surface area (Å²) < 4.78 is 24.3. The first kappa shape index (κ1) is 25.6. The van der Waals surface area contributed by atoms with Crippen LogP contribution in [0.4, 0.5) is 0 Å². The zero-order valence-corrected chi connectivity index (χ0v) is 22.8. The van der Waals surface area contributed by atoms with Crippen LogP contribution >= 0.6 is 11.3 Å². The van der Waals surface area contributed by atoms with Crippen molar-refractivity contribution in [3.05, 3.63) is 115 Å². The van der Waals surface area contributed by atoms with Crippen LogP contribution in [0.15, 0.2) is 88.2 Å². The summed E-state index contributed by atoms with van der Waals surface area (Å²) in [6.45, 7) is 2.92. The van der Waals surface area contributed by atoms with E-state index in [-0.39, 0.29) is 12.2 Å². The lowest BCUT2D eigenvalue weighted by Crippen LogP contribution is -2.40. The second kappa shape index (κ2) is 10.9. The zero-order valence-electron chi connectivity index (χ0n) is 22.0. The number of rotatable bonds is 6. The predicted molar refractivity (Wildman–Crippen MR) is 151 cm³/mol. The van der Waals surface area contributed by atoms with Crippen molar-refractivity contribution in [1.29, 1.82) is 0 Å². The van der Waals surface area contributed by atoms with Gasteiger partial charge in [-0.1, -0.05) is 59.9 Å². The topological polar surface area (TPSA) is 88.4 Å². The van der Waals surface area contributed by atoms with Gasteiger partial charge in [0, 0.05) is 5.56 Å². The molecule has 3 aromatic carbocycles. The Labute approximate surface area is 234 Å². The smallest absolute Gasteiger partial charge is 0.338 e. The maximum Gasteiger partial charge on any atom is 0.338 e. The lowest BCUT2D eigenvalue weighted by Gasteiger charge is -2.26. The molecule has 0 unspecified atom stereocenters. The first-order valence-corrected chi connectivity index (χ1v) is 13.7. The molecule has 2 aliphatic rings. The Morgan fingerprint density at radius 3 is 2.52 bits per heavy atom. The van der Waals surface area contributed by atoms with Gasteiger partial charge in [0.1, 0.15) is 19.0 Å². The molecule has 0 saturated heterocycles. The van der Waals surface area contributed by atoms with Crippen molar-refractivity contribution in [3.8, 4) is 17.2 Å². The molecule has 1 aromatic heterocycles. The first-order valence-electron chi connectivity index (χ1n) is 12.9. The Morgan fingerprint density at radius 1 is 1.05 bits per heavy atom. The number of fused-ring (bicyclic) bond motifs is 2. The summed E-state index contributed by atoms with van der Waals surface area (Å²) in [5, 5.41) is 0. The minimum atomic E-state index is -0.751. The number of carbonyl (C=O) groups excluding carboxylic acids is 1. The number of ether oxygens (including phenoxy) is 4. The van der Waals surface area contributed by atoms with Crippen LogP contribution in [0.1, 0.15) is 29.7 Å². The van der Waals surface area contributed by atoms with E-state index in [0.717, 1.165) is 16.7 Å². The van der Waals surface area contributed by atoms with Gasteiger partial charge in [-0.2, -0.15) is 0 Å². The molecule has 0 saturated carbocycles. The quantitative estimate of drug-likeness (QED) is 0.338. The van der Waals surface area contributed by atoms with E-state index in [9.17, 15) is 9.59 Å². The third-order valence-electron chi connectivity index (χ3n) is 6.67.